The van der Waals surface area contributed by atoms with E-state index in [0.29, 0.717) is 21.8 Å². The van der Waals surface area contributed by atoms with Gasteiger partial charge in [0, 0.05) is 4.88 Å². The van der Waals surface area contributed by atoms with Crippen LogP contribution in [0.5, 0.6) is 11.5 Å². The first-order valence-electron chi connectivity index (χ1n) is 6.58. The van der Waals surface area contributed by atoms with Gasteiger partial charge in [0.05, 0.1) is 6.61 Å². The second-order valence-electron chi connectivity index (χ2n) is 4.62. The largest absolute Gasteiger partial charge is 0.451 e. The second-order valence-corrected chi connectivity index (χ2v) is 5.53. The van der Waals surface area contributed by atoms with E-state index >= 15 is 0 Å². The molecular weight excluding hydrogens is 306 g/mol. The summed E-state index contributed by atoms with van der Waals surface area (Å²) in [6.45, 7) is -0.176. The lowest BCUT2D eigenvalue weighted by atomic mass is 10.1. The third-order valence-corrected chi connectivity index (χ3v) is 4.15. The molecule has 1 N–H and O–H groups in total. The van der Waals surface area contributed by atoms with E-state index in [-0.39, 0.29) is 6.61 Å². The van der Waals surface area contributed by atoms with Gasteiger partial charge < -0.3 is 9.84 Å². The van der Waals surface area contributed by atoms with Crippen molar-refractivity contribution in [3.05, 3.63) is 71.1 Å². The van der Waals surface area contributed by atoms with E-state index in [1.807, 2.05) is 0 Å². The third-order valence-electron chi connectivity index (χ3n) is 3.14. The van der Waals surface area contributed by atoms with Gasteiger partial charge in [-0.1, -0.05) is 18.2 Å². The van der Waals surface area contributed by atoms with E-state index in [9.17, 15) is 13.9 Å². The van der Waals surface area contributed by atoms with Crippen molar-refractivity contribution in [2.24, 2.45) is 0 Å². The van der Waals surface area contributed by atoms with Gasteiger partial charge in [-0.25, -0.2) is 8.78 Å². The summed E-state index contributed by atoms with van der Waals surface area (Å²) in [7, 11) is 0. The smallest absolute Gasteiger partial charge is 0.198 e. The molecule has 2 nitrogen and oxygen atoms in total. The van der Waals surface area contributed by atoms with Gasteiger partial charge in [-0.3, -0.25) is 0 Å². The lowest BCUT2D eigenvalue weighted by Crippen LogP contribution is -1.94. The molecule has 0 unspecified atom stereocenters. The highest BCUT2D eigenvalue weighted by Crippen LogP contribution is 2.35. The number of thiophene rings is 1. The predicted octanol–water partition coefficient (Wildman–Crippen LogP) is 4.98. The highest BCUT2D eigenvalue weighted by atomic mass is 32.1. The molecule has 0 radical (unpaired) electrons. The number of aliphatic hydroxyl groups excluding tert-OH is 1. The fraction of sp³-hybridized carbons (Fsp3) is 0.0588. The normalized spacial score (nSPS) is 10.7. The fourth-order valence-electron chi connectivity index (χ4n) is 2.11. The molecule has 0 saturated carbocycles. The number of aliphatic hydroxyl groups is 1. The van der Waals surface area contributed by atoms with Crippen molar-refractivity contribution < 1.29 is 18.6 Å². The first kappa shape index (κ1) is 14.7. The third kappa shape index (κ3) is 2.86. The van der Waals surface area contributed by atoms with Crippen molar-refractivity contribution in [2.45, 2.75) is 6.61 Å². The SMILES string of the molecule is OCc1ccsc1-c1cc(F)c(Oc2ccccc2)c(F)c1. The summed E-state index contributed by atoms with van der Waals surface area (Å²) < 4.78 is 33.7. The number of hydrogen-bond acceptors (Lipinski definition) is 3. The molecule has 2 aromatic carbocycles. The Balaban J connectivity index is 1.98. The minimum atomic E-state index is -0.781. The zero-order valence-corrected chi connectivity index (χ0v) is 12.2. The average molecular weight is 318 g/mol. The lowest BCUT2D eigenvalue weighted by molar-refractivity contribution is 0.283. The van der Waals surface area contributed by atoms with Crippen LogP contribution in [0, 0.1) is 11.6 Å². The van der Waals surface area contributed by atoms with Crippen LogP contribution < -0.4 is 4.74 Å². The molecule has 0 bridgehead atoms. The van der Waals surface area contributed by atoms with Crippen molar-refractivity contribution >= 4 is 11.3 Å². The number of halogens is 2. The van der Waals surface area contributed by atoms with Crippen LogP contribution >= 0.6 is 11.3 Å². The Kier molecular flexibility index (Phi) is 4.18. The summed E-state index contributed by atoms with van der Waals surface area (Å²) in [6, 6.07) is 12.6. The predicted molar refractivity (Wildman–Crippen MR) is 82.1 cm³/mol. The molecule has 0 fully saturated rings. The second kappa shape index (κ2) is 6.25. The van der Waals surface area contributed by atoms with Gasteiger partial charge in [0.15, 0.2) is 17.4 Å². The Bertz CT molecular complexity index is 761. The Morgan fingerprint density at radius 1 is 1.00 bits per heavy atom. The lowest BCUT2D eigenvalue weighted by Gasteiger charge is -2.10. The maximum absolute atomic E-state index is 14.2. The van der Waals surface area contributed by atoms with E-state index in [1.165, 1.54) is 23.5 Å². The summed E-state index contributed by atoms with van der Waals surface area (Å²) in [5, 5.41) is 11.0. The minimum Gasteiger partial charge on any atom is -0.451 e. The molecule has 1 heterocycles. The van der Waals surface area contributed by atoms with Crippen LogP contribution in [0.4, 0.5) is 8.78 Å². The van der Waals surface area contributed by atoms with E-state index in [2.05, 4.69) is 0 Å². The quantitative estimate of drug-likeness (QED) is 0.735. The molecule has 0 spiro atoms. The monoisotopic (exact) mass is 318 g/mol. The molecule has 0 amide bonds. The number of rotatable bonds is 4. The molecule has 3 rings (SSSR count). The molecule has 0 atom stereocenters. The number of hydrogen-bond donors (Lipinski definition) is 1. The highest BCUT2D eigenvalue weighted by molar-refractivity contribution is 7.13. The van der Waals surface area contributed by atoms with Crippen molar-refractivity contribution in [1.29, 1.82) is 0 Å². The average Bonchev–Trinajstić information content (AvgIpc) is 3.00. The van der Waals surface area contributed by atoms with Crippen LogP contribution in [-0.4, -0.2) is 5.11 Å². The van der Waals surface area contributed by atoms with Gasteiger partial charge in [-0.2, -0.15) is 0 Å². The van der Waals surface area contributed by atoms with Gasteiger partial charge in [-0.05, 0) is 46.8 Å². The standard InChI is InChI=1S/C17H12F2O2S/c18-14-8-12(17-11(10-20)6-7-22-17)9-15(19)16(14)21-13-4-2-1-3-5-13/h1-9,20H,10H2. The van der Waals surface area contributed by atoms with Gasteiger partial charge in [-0.15, -0.1) is 11.3 Å². The van der Waals surface area contributed by atoms with E-state index in [4.69, 9.17) is 4.74 Å². The van der Waals surface area contributed by atoms with Crippen molar-refractivity contribution in [2.75, 3.05) is 0 Å². The Hall–Kier alpha value is -2.24. The molecule has 112 valence electrons. The van der Waals surface area contributed by atoms with Gasteiger partial charge in [0.1, 0.15) is 5.75 Å². The summed E-state index contributed by atoms with van der Waals surface area (Å²) in [6.07, 6.45) is 0. The molecule has 0 aliphatic heterocycles. The molecule has 0 saturated heterocycles. The first-order chi connectivity index (χ1) is 10.7. The molecule has 5 heteroatoms. The summed E-state index contributed by atoms with van der Waals surface area (Å²) in [5.74, 6) is -1.63. The Morgan fingerprint density at radius 2 is 1.68 bits per heavy atom. The van der Waals surface area contributed by atoms with Crippen LogP contribution in [0.2, 0.25) is 0 Å². The van der Waals surface area contributed by atoms with Crippen LogP contribution in [0.15, 0.2) is 53.9 Å². The molecule has 3 aromatic rings. The molecule has 1 aromatic heterocycles. The topological polar surface area (TPSA) is 29.5 Å². The summed E-state index contributed by atoms with van der Waals surface area (Å²) in [4.78, 5) is 0.645. The number of benzene rings is 2. The van der Waals surface area contributed by atoms with Gasteiger partial charge in [0.25, 0.3) is 0 Å². The molecule has 0 aliphatic carbocycles. The van der Waals surface area contributed by atoms with Crippen LogP contribution in [0.25, 0.3) is 10.4 Å². The van der Waals surface area contributed by atoms with Crippen molar-refractivity contribution in [3.63, 3.8) is 0 Å². The van der Waals surface area contributed by atoms with Gasteiger partial charge >= 0.3 is 0 Å². The van der Waals surface area contributed by atoms with Crippen molar-refractivity contribution in [3.8, 4) is 21.9 Å². The van der Waals surface area contributed by atoms with Crippen LogP contribution in [0.1, 0.15) is 5.56 Å². The Labute approximate surface area is 130 Å². The van der Waals surface area contributed by atoms with Crippen LogP contribution in [-0.2, 0) is 6.61 Å². The maximum Gasteiger partial charge on any atom is 0.198 e. The molecule has 0 aliphatic rings. The van der Waals surface area contributed by atoms with Gasteiger partial charge in [0.2, 0.25) is 0 Å². The summed E-state index contributed by atoms with van der Waals surface area (Å²) >= 11 is 1.32. The van der Waals surface area contributed by atoms with Crippen LogP contribution in [0.3, 0.4) is 0 Å². The highest BCUT2D eigenvalue weighted by Gasteiger charge is 2.16. The molecule has 22 heavy (non-hydrogen) atoms. The van der Waals surface area contributed by atoms with E-state index in [1.54, 1.807) is 41.8 Å². The first-order valence-corrected chi connectivity index (χ1v) is 7.46. The van der Waals surface area contributed by atoms with Crippen molar-refractivity contribution in [1.82, 2.24) is 0 Å². The zero-order valence-electron chi connectivity index (χ0n) is 11.4. The maximum atomic E-state index is 14.2. The molecular formula is C17H12F2O2S. The minimum absolute atomic E-state index is 0.176. The summed E-state index contributed by atoms with van der Waals surface area (Å²) in [5.41, 5.74) is 1.02. The van der Waals surface area contributed by atoms with E-state index in [0.717, 1.165) is 0 Å². The van der Waals surface area contributed by atoms with E-state index < -0.39 is 17.4 Å². The zero-order chi connectivity index (χ0) is 15.5. The number of ether oxygens (including phenoxy) is 1. The Morgan fingerprint density at radius 3 is 2.32 bits per heavy atom. The number of para-hydroxylation sites is 1. The fourth-order valence-corrected chi connectivity index (χ4v) is 3.01.